The summed E-state index contributed by atoms with van der Waals surface area (Å²) in [7, 11) is 0. The van der Waals surface area contributed by atoms with Crippen molar-refractivity contribution in [2.24, 2.45) is 5.92 Å². The highest BCUT2D eigenvalue weighted by atomic mass is 16.2. The highest BCUT2D eigenvalue weighted by Gasteiger charge is 2.43. The number of nitrogens with zero attached hydrogens (tertiary/aromatic N) is 3. The first-order chi connectivity index (χ1) is 10.2. The summed E-state index contributed by atoms with van der Waals surface area (Å²) >= 11 is 0. The summed E-state index contributed by atoms with van der Waals surface area (Å²) < 4.78 is 1.92. The van der Waals surface area contributed by atoms with E-state index >= 15 is 0 Å². The minimum atomic E-state index is -0.144. The number of hydrogen-bond acceptors (Lipinski definition) is 4. The van der Waals surface area contributed by atoms with Crippen LogP contribution in [0.1, 0.15) is 38.1 Å². The number of fused-ring (bicyclic) bond motifs is 3. The van der Waals surface area contributed by atoms with E-state index in [1.165, 1.54) is 6.42 Å². The third-order valence-electron chi connectivity index (χ3n) is 4.72. The lowest BCUT2D eigenvalue weighted by molar-refractivity contribution is -0.126. The predicted octanol–water partition coefficient (Wildman–Crippen LogP) is 1.05. The number of carbonyl (C=O) groups excluding carboxylic acids is 1. The molecular weight excluding hydrogens is 266 g/mol. The molecule has 6 heteroatoms. The van der Waals surface area contributed by atoms with Crippen LogP contribution in [0.15, 0.2) is 24.4 Å². The highest BCUT2D eigenvalue weighted by molar-refractivity contribution is 5.80. The largest absolute Gasteiger partial charge is 0.346 e. The van der Waals surface area contributed by atoms with Gasteiger partial charge in [0.15, 0.2) is 11.5 Å². The Hall–Kier alpha value is -1.95. The maximum Gasteiger partial charge on any atom is 0.225 e. The average Bonchev–Trinajstić information content (AvgIpc) is 3.21. The van der Waals surface area contributed by atoms with Gasteiger partial charge in [0.2, 0.25) is 5.91 Å². The van der Waals surface area contributed by atoms with E-state index in [1.54, 1.807) is 0 Å². The van der Waals surface area contributed by atoms with Crippen LogP contribution in [-0.4, -0.2) is 32.6 Å². The van der Waals surface area contributed by atoms with Crippen molar-refractivity contribution in [1.82, 2.24) is 25.2 Å². The molecule has 21 heavy (non-hydrogen) atoms. The quantitative estimate of drug-likeness (QED) is 0.884. The lowest BCUT2D eigenvalue weighted by atomic mass is 9.88. The van der Waals surface area contributed by atoms with Crippen LogP contribution in [-0.2, 0) is 4.79 Å². The zero-order valence-corrected chi connectivity index (χ0v) is 12.0. The Kier molecular flexibility index (Phi) is 2.92. The van der Waals surface area contributed by atoms with Crippen molar-refractivity contribution in [3.63, 3.8) is 0 Å². The van der Waals surface area contributed by atoms with Crippen molar-refractivity contribution in [2.75, 3.05) is 0 Å². The molecule has 110 valence electrons. The van der Waals surface area contributed by atoms with Crippen LogP contribution in [0.25, 0.3) is 5.65 Å². The van der Waals surface area contributed by atoms with E-state index in [-0.39, 0.29) is 17.9 Å². The zero-order valence-electron chi connectivity index (χ0n) is 12.0. The first kappa shape index (κ1) is 12.8. The van der Waals surface area contributed by atoms with Gasteiger partial charge in [-0.05, 0) is 38.3 Å². The Balaban J connectivity index is 1.50. The van der Waals surface area contributed by atoms with Crippen LogP contribution in [0.4, 0.5) is 0 Å². The van der Waals surface area contributed by atoms with Crippen LogP contribution >= 0.6 is 0 Å². The number of carbonyl (C=O) groups is 1. The molecule has 2 fully saturated rings. The lowest BCUT2D eigenvalue weighted by Crippen LogP contribution is -2.39. The van der Waals surface area contributed by atoms with Gasteiger partial charge in [0, 0.05) is 18.3 Å². The third-order valence-corrected chi connectivity index (χ3v) is 4.72. The Bertz CT molecular complexity index is 682. The van der Waals surface area contributed by atoms with Crippen LogP contribution in [0, 0.1) is 5.92 Å². The molecule has 2 saturated heterocycles. The molecule has 4 unspecified atom stereocenters. The smallest absolute Gasteiger partial charge is 0.225 e. The zero-order chi connectivity index (χ0) is 14.4. The summed E-state index contributed by atoms with van der Waals surface area (Å²) in [6.07, 6.45) is 5.21. The molecule has 2 aliphatic rings. The fourth-order valence-corrected chi connectivity index (χ4v) is 3.65. The molecule has 6 nitrogen and oxygen atoms in total. The van der Waals surface area contributed by atoms with Crippen molar-refractivity contribution in [3.8, 4) is 0 Å². The number of amides is 1. The molecule has 2 aromatic heterocycles. The van der Waals surface area contributed by atoms with Gasteiger partial charge < -0.3 is 10.6 Å². The fourth-order valence-electron chi connectivity index (χ4n) is 3.65. The summed E-state index contributed by atoms with van der Waals surface area (Å²) in [5.41, 5.74) is 0.801. The summed E-state index contributed by atoms with van der Waals surface area (Å²) in [5.74, 6) is 1.01. The van der Waals surface area contributed by atoms with Gasteiger partial charge in [-0.1, -0.05) is 6.07 Å². The molecular formula is C15H19N5O. The molecule has 0 spiro atoms. The average molecular weight is 285 g/mol. The topological polar surface area (TPSA) is 71.3 Å². The Labute approximate surface area is 122 Å². The second-order valence-corrected chi connectivity index (χ2v) is 6.11. The molecule has 0 saturated carbocycles. The monoisotopic (exact) mass is 285 g/mol. The van der Waals surface area contributed by atoms with Gasteiger partial charge in [0.05, 0.1) is 12.0 Å². The number of rotatable bonds is 3. The molecule has 0 aliphatic carbocycles. The second-order valence-electron chi connectivity index (χ2n) is 6.11. The molecule has 4 heterocycles. The SMILES string of the molecule is CC(NC(=O)C1CC2CCC1N2)c1nnc2ccccn12. The van der Waals surface area contributed by atoms with E-state index < -0.39 is 0 Å². The van der Waals surface area contributed by atoms with E-state index in [9.17, 15) is 4.79 Å². The van der Waals surface area contributed by atoms with E-state index in [1.807, 2.05) is 35.7 Å². The summed E-state index contributed by atoms with van der Waals surface area (Å²) in [4.78, 5) is 12.5. The maximum atomic E-state index is 12.5. The highest BCUT2D eigenvalue weighted by Crippen LogP contribution is 2.33. The molecule has 0 radical (unpaired) electrons. The van der Waals surface area contributed by atoms with Gasteiger partial charge in [0.25, 0.3) is 0 Å². The standard InChI is InChI=1S/C15H19N5O/c1-9(14-19-18-13-4-2-3-7-20(13)14)16-15(21)11-8-10-5-6-12(11)17-10/h2-4,7,9-12,17H,5-6,8H2,1H3,(H,16,21). The minimum absolute atomic E-state index is 0.102. The number of pyridine rings is 1. The van der Waals surface area contributed by atoms with Gasteiger partial charge >= 0.3 is 0 Å². The molecule has 1 amide bonds. The number of nitrogens with one attached hydrogen (secondary N) is 2. The van der Waals surface area contributed by atoms with Gasteiger partial charge in [-0.25, -0.2) is 0 Å². The first-order valence-corrected chi connectivity index (χ1v) is 7.58. The lowest BCUT2D eigenvalue weighted by Gasteiger charge is -2.21. The van der Waals surface area contributed by atoms with Crippen molar-refractivity contribution in [1.29, 1.82) is 0 Å². The normalized spacial score (nSPS) is 28.9. The molecule has 2 aromatic rings. The Morgan fingerprint density at radius 3 is 3.10 bits per heavy atom. The van der Waals surface area contributed by atoms with Crippen LogP contribution in [0.3, 0.4) is 0 Å². The predicted molar refractivity (Wildman–Crippen MR) is 77.6 cm³/mol. The Morgan fingerprint density at radius 1 is 1.43 bits per heavy atom. The molecule has 4 atom stereocenters. The van der Waals surface area contributed by atoms with E-state index in [4.69, 9.17) is 0 Å². The van der Waals surface area contributed by atoms with Gasteiger partial charge in [-0.3, -0.25) is 9.20 Å². The summed E-state index contributed by atoms with van der Waals surface area (Å²) in [6.45, 7) is 1.96. The third kappa shape index (κ3) is 2.10. The van der Waals surface area contributed by atoms with Crippen LogP contribution < -0.4 is 10.6 Å². The molecule has 2 bridgehead atoms. The maximum absolute atomic E-state index is 12.5. The van der Waals surface area contributed by atoms with Gasteiger partial charge in [-0.15, -0.1) is 10.2 Å². The van der Waals surface area contributed by atoms with Crippen molar-refractivity contribution >= 4 is 11.6 Å². The van der Waals surface area contributed by atoms with Gasteiger partial charge in [0.1, 0.15) is 0 Å². The molecule has 2 aliphatic heterocycles. The van der Waals surface area contributed by atoms with Crippen molar-refractivity contribution < 1.29 is 4.79 Å². The number of hydrogen-bond donors (Lipinski definition) is 2. The minimum Gasteiger partial charge on any atom is -0.346 e. The van der Waals surface area contributed by atoms with Crippen molar-refractivity contribution in [2.45, 2.75) is 44.3 Å². The molecule has 0 aromatic carbocycles. The molecule has 2 N–H and O–H groups in total. The number of aromatic nitrogens is 3. The molecule has 4 rings (SSSR count). The van der Waals surface area contributed by atoms with E-state index in [0.717, 1.165) is 24.3 Å². The van der Waals surface area contributed by atoms with Crippen LogP contribution in [0.5, 0.6) is 0 Å². The first-order valence-electron chi connectivity index (χ1n) is 7.58. The second kappa shape index (κ2) is 4.80. The summed E-state index contributed by atoms with van der Waals surface area (Å²) in [6, 6.07) is 6.53. The fraction of sp³-hybridized carbons (Fsp3) is 0.533. The summed E-state index contributed by atoms with van der Waals surface area (Å²) in [5, 5.41) is 14.9. The van der Waals surface area contributed by atoms with Crippen molar-refractivity contribution in [3.05, 3.63) is 30.2 Å². The Morgan fingerprint density at radius 2 is 2.33 bits per heavy atom. The van der Waals surface area contributed by atoms with Crippen LogP contribution in [0.2, 0.25) is 0 Å². The van der Waals surface area contributed by atoms with E-state index in [0.29, 0.717) is 12.1 Å². The van der Waals surface area contributed by atoms with Gasteiger partial charge in [-0.2, -0.15) is 0 Å². The van der Waals surface area contributed by atoms with E-state index in [2.05, 4.69) is 20.8 Å².